The van der Waals surface area contributed by atoms with Gasteiger partial charge in [0.25, 0.3) is 5.91 Å². The number of hydrogen-bond donors (Lipinski definition) is 2. The second-order valence-corrected chi connectivity index (χ2v) is 9.47. The summed E-state index contributed by atoms with van der Waals surface area (Å²) in [5, 5.41) is 13.0. The van der Waals surface area contributed by atoms with Crippen molar-refractivity contribution >= 4 is 27.1 Å². The van der Waals surface area contributed by atoms with Crippen molar-refractivity contribution in [1.82, 2.24) is 20.3 Å². The van der Waals surface area contributed by atoms with Crippen LogP contribution in [0.2, 0.25) is 0 Å². The summed E-state index contributed by atoms with van der Waals surface area (Å²) in [6, 6.07) is 5.17. The predicted molar refractivity (Wildman–Crippen MR) is 109 cm³/mol. The van der Waals surface area contributed by atoms with Gasteiger partial charge in [-0.25, -0.2) is 23.4 Å². The van der Waals surface area contributed by atoms with E-state index in [9.17, 15) is 18.3 Å². The van der Waals surface area contributed by atoms with Crippen LogP contribution in [0.3, 0.4) is 0 Å². The van der Waals surface area contributed by atoms with Gasteiger partial charge >= 0.3 is 0 Å². The minimum Gasteiger partial charge on any atom is -0.386 e. The summed E-state index contributed by atoms with van der Waals surface area (Å²) in [6.45, 7) is 3.67. The van der Waals surface area contributed by atoms with Crippen molar-refractivity contribution in [2.24, 2.45) is 0 Å². The highest BCUT2D eigenvalue weighted by Gasteiger charge is 2.17. The van der Waals surface area contributed by atoms with Crippen molar-refractivity contribution < 1.29 is 18.3 Å². The molecule has 0 aliphatic rings. The number of amides is 1. The molecule has 0 fully saturated rings. The number of sulfone groups is 1. The summed E-state index contributed by atoms with van der Waals surface area (Å²) >= 11 is 1.34. The molecule has 2 heterocycles. The Kier molecular flexibility index (Phi) is 6.06. The Balaban J connectivity index is 1.78. The number of rotatable bonds is 6. The van der Waals surface area contributed by atoms with E-state index < -0.39 is 15.9 Å². The normalized spacial score (nSPS) is 12.6. The van der Waals surface area contributed by atoms with E-state index in [-0.39, 0.29) is 17.3 Å². The number of hydrogen-bond acceptors (Lipinski definition) is 8. The van der Waals surface area contributed by atoms with E-state index in [4.69, 9.17) is 0 Å². The van der Waals surface area contributed by atoms with Gasteiger partial charge in [-0.2, -0.15) is 0 Å². The largest absolute Gasteiger partial charge is 0.386 e. The molecule has 3 rings (SSSR count). The van der Waals surface area contributed by atoms with Gasteiger partial charge in [0, 0.05) is 36.3 Å². The smallest absolute Gasteiger partial charge is 0.251 e. The molecule has 3 aromatic rings. The molecule has 1 amide bonds. The average Bonchev–Trinajstić information content (AvgIpc) is 3.11. The molecule has 2 N–H and O–H groups in total. The molecule has 0 aliphatic carbocycles. The van der Waals surface area contributed by atoms with Gasteiger partial charge in [-0.3, -0.25) is 4.79 Å². The first-order chi connectivity index (χ1) is 13.7. The molecule has 8 nitrogen and oxygen atoms in total. The van der Waals surface area contributed by atoms with Crippen LogP contribution < -0.4 is 5.32 Å². The van der Waals surface area contributed by atoms with E-state index in [0.717, 1.165) is 22.4 Å². The van der Waals surface area contributed by atoms with Crippen molar-refractivity contribution in [3.05, 3.63) is 57.8 Å². The molecule has 0 saturated carbocycles. The molecule has 152 valence electrons. The molecule has 2 aromatic heterocycles. The van der Waals surface area contributed by atoms with Crippen LogP contribution in [-0.2, 0) is 9.84 Å². The number of nitrogens with zero attached hydrogens (tertiary/aromatic N) is 3. The van der Waals surface area contributed by atoms with Crippen LogP contribution in [0, 0.1) is 13.8 Å². The molecule has 0 radical (unpaired) electrons. The molecule has 0 saturated heterocycles. The molecule has 29 heavy (non-hydrogen) atoms. The van der Waals surface area contributed by atoms with Gasteiger partial charge in [0.1, 0.15) is 11.0 Å². The highest BCUT2D eigenvalue weighted by molar-refractivity contribution is 7.90. The van der Waals surface area contributed by atoms with Crippen LogP contribution in [0.1, 0.15) is 32.6 Å². The molecular formula is C19H20N4O4S2. The molecule has 0 aliphatic heterocycles. The number of carbonyl (C=O) groups is 1. The van der Waals surface area contributed by atoms with Crippen LogP contribution >= 0.6 is 11.3 Å². The molecule has 1 aromatic carbocycles. The maximum atomic E-state index is 12.6. The number of nitrogens with one attached hydrogen (secondary N) is 1. The molecule has 1 atom stereocenters. The third kappa shape index (κ3) is 4.84. The third-order valence-electron chi connectivity index (χ3n) is 4.34. The van der Waals surface area contributed by atoms with E-state index in [0.29, 0.717) is 17.0 Å². The first-order valence-electron chi connectivity index (χ1n) is 8.66. The zero-order valence-corrected chi connectivity index (χ0v) is 17.7. The topological polar surface area (TPSA) is 122 Å². The number of aliphatic hydroxyl groups is 1. The van der Waals surface area contributed by atoms with Crippen molar-refractivity contribution in [3.63, 3.8) is 0 Å². The lowest BCUT2D eigenvalue weighted by atomic mass is 10.0. The standard InChI is InChI=1S/C19H20N4O4S2/c1-11-4-5-13(18-20-7-14(8-21-18)29(3,26)27)6-15(11)19(25)22-9-16(24)17-12(2)23-10-28-17/h4-8,10,16,24H,9H2,1-3H3,(H,22,25)/t16-/m1/s1. The number of thiazole rings is 1. The van der Waals surface area contributed by atoms with Crippen LogP contribution in [0.4, 0.5) is 0 Å². The Morgan fingerprint density at radius 2 is 1.90 bits per heavy atom. The lowest BCUT2D eigenvalue weighted by Gasteiger charge is -2.13. The number of aromatic nitrogens is 3. The summed E-state index contributed by atoms with van der Waals surface area (Å²) in [6.07, 6.45) is 2.74. The lowest BCUT2D eigenvalue weighted by molar-refractivity contribution is 0.0917. The zero-order chi connectivity index (χ0) is 21.2. The molecule has 0 unspecified atom stereocenters. The molecule has 0 bridgehead atoms. The van der Waals surface area contributed by atoms with E-state index in [1.165, 1.54) is 23.7 Å². The summed E-state index contributed by atoms with van der Waals surface area (Å²) < 4.78 is 23.1. The van der Waals surface area contributed by atoms with Crippen LogP contribution in [-0.4, -0.2) is 47.2 Å². The average molecular weight is 433 g/mol. The summed E-state index contributed by atoms with van der Waals surface area (Å²) in [4.78, 5) is 25.7. The fraction of sp³-hybridized carbons (Fsp3) is 0.263. The fourth-order valence-corrected chi connectivity index (χ4v) is 3.95. The van der Waals surface area contributed by atoms with Crippen LogP contribution in [0.5, 0.6) is 0 Å². The summed E-state index contributed by atoms with van der Waals surface area (Å²) in [7, 11) is -3.38. The third-order valence-corrected chi connectivity index (χ3v) is 6.44. The second kappa shape index (κ2) is 8.36. The first-order valence-corrected chi connectivity index (χ1v) is 11.4. The van der Waals surface area contributed by atoms with Crippen molar-refractivity contribution in [2.75, 3.05) is 12.8 Å². The predicted octanol–water partition coefficient (Wildman–Crippen LogP) is 2.08. The Morgan fingerprint density at radius 3 is 2.48 bits per heavy atom. The maximum Gasteiger partial charge on any atom is 0.251 e. The number of aryl methyl sites for hydroxylation is 2. The quantitative estimate of drug-likeness (QED) is 0.611. The Hall–Kier alpha value is -2.69. The summed E-state index contributed by atoms with van der Waals surface area (Å²) in [5.41, 5.74) is 4.15. The monoisotopic (exact) mass is 432 g/mol. The highest BCUT2D eigenvalue weighted by Crippen LogP contribution is 2.22. The van der Waals surface area contributed by atoms with Gasteiger partial charge in [-0.1, -0.05) is 12.1 Å². The van der Waals surface area contributed by atoms with Crippen molar-refractivity contribution in [3.8, 4) is 11.4 Å². The SMILES string of the molecule is Cc1ccc(-c2ncc(S(C)(=O)=O)cn2)cc1C(=O)NC[C@@H](O)c1scnc1C. The minimum atomic E-state index is -3.38. The van der Waals surface area contributed by atoms with Gasteiger partial charge in [-0.05, 0) is 25.5 Å². The fourth-order valence-electron chi connectivity index (χ4n) is 2.67. The van der Waals surface area contributed by atoms with E-state index in [2.05, 4.69) is 20.3 Å². The molecular weight excluding hydrogens is 412 g/mol. The van der Waals surface area contributed by atoms with Gasteiger partial charge in [0.05, 0.1) is 16.1 Å². The minimum absolute atomic E-state index is 0.0266. The van der Waals surface area contributed by atoms with Gasteiger partial charge in [0.15, 0.2) is 15.7 Å². The summed E-state index contributed by atoms with van der Waals surface area (Å²) in [5.74, 6) is -0.0231. The van der Waals surface area contributed by atoms with Crippen molar-refractivity contribution in [2.45, 2.75) is 24.8 Å². The van der Waals surface area contributed by atoms with Gasteiger partial charge in [-0.15, -0.1) is 11.3 Å². The number of aliphatic hydroxyl groups excluding tert-OH is 1. The van der Waals surface area contributed by atoms with Gasteiger partial charge < -0.3 is 10.4 Å². The first kappa shape index (κ1) is 21.0. The Morgan fingerprint density at radius 1 is 1.21 bits per heavy atom. The van der Waals surface area contributed by atoms with E-state index in [1.807, 2.05) is 0 Å². The molecule has 0 spiro atoms. The Labute approximate surface area is 172 Å². The number of benzene rings is 1. The van der Waals surface area contributed by atoms with Gasteiger partial charge in [0.2, 0.25) is 0 Å². The van der Waals surface area contributed by atoms with Crippen LogP contribution in [0.15, 0.2) is 41.0 Å². The zero-order valence-electron chi connectivity index (χ0n) is 16.1. The van der Waals surface area contributed by atoms with Crippen LogP contribution in [0.25, 0.3) is 11.4 Å². The molecule has 10 heteroatoms. The second-order valence-electron chi connectivity index (χ2n) is 6.57. The lowest BCUT2D eigenvalue weighted by Crippen LogP contribution is -2.29. The Bertz CT molecular complexity index is 1140. The van der Waals surface area contributed by atoms with Crippen molar-refractivity contribution in [1.29, 1.82) is 0 Å². The highest BCUT2D eigenvalue weighted by atomic mass is 32.2. The maximum absolute atomic E-state index is 12.6. The number of carbonyl (C=O) groups excluding carboxylic acids is 1. The van der Waals surface area contributed by atoms with E-state index >= 15 is 0 Å². The van der Waals surface area contributed by atoms with E-state index in [1.54, 1.807) is 37.6 Å².